The van der Waals surface area contributed by atoms with Gasteiger partial charge in [0.15, 0.2) is 0 Å². The Morgan fingerprint density at radius 2 is 1.89 bits per heavy atom. The minimum absolute atomic E-state index is 0.107. The van der Waals surface area contributed by atoms with Crippen LogP contribution < -0.4 is 20.7 Å². The van der Waals surface area contributed by atoms with Gasteiger partial charge in [0.05, 0.1) is 0 Å². The predicted octanol–water partition coefficient (Wildman–Crippen LogP) is 0.899. The van der Waals surface area contributed by atoms with Crippen LogP contribution in [-0.4, -0.2) is 78.3 Å². The fourth-order valence-electron chi connectivity index (χ4n) is 5.14. The molecule has 2 atom stereocenters. The Kier molecular flexibility index (Phi) is 6.90. The molecule has 0 saturated carbocycles. The molecule has 2 fully saturated rings. The smallest absolute Gasteiger partial charge is 0.255 e. The number of amides is 2. The van der Waals surface area contributed by atoms with E-state index in [0.717, 1.165) is 55.3 Å². The maximum absolute atomic E-state index is 12.9. The molecule has 3 heterocycles. The third kappa shape index (κ3) is 5.12. The van der Waals surface area contributed by atoms with E-state index in [9.17, 15) is 14.7 Å². The van der Waals surface area contributed by atoms with Crippen LogP contribution in [0.2, 0.25) is 0 Å². The first-order valence-corrected chi connectivity index (χ1v) is 12.3. The normalized spacial score (nSPS) is 22.8. The first-order chi connectivity index (χ1) is 17.0. The number of carbonyl (C=O) groups is 2. The third-order valence-corrected chi connectivity index (χ3v) is 7.17. The van der Waals surface area contributed by atoms with Gasteiger partial charge >= 0.3 is 0 Å². The molecule has 5 rings (SSSR count). The van der Waals surface area contributed by atoms with Gasteiger partial charge in [-0.15, -0.1) is 0 Å². The molecule has 4 N–H and O–H groups in total. The quantitative estimate of drug-likeness (QED) is 0.541. The molecule has 0 spiro atoms. The van der Waals surface area contributed by atoms with Crippen molar-refractivity contribution in [1.82, 2.24) is 15.1 Å². The maximum atomic E-state index is 12.9. The number of nitrogens with two attached hydrogens (primary N) is 1. The van der Waals surface area contributed by atoms with Crippen molar-refractivity contribution in [2.45, 2.75) is 38.2 Å². The van der Waals surface area contributed by atoms with Gasteiger partial charge in [0, 0.05) is 57.1 Å². The van der Waals surface area contributed by atoms with Crippen LogP contribution in [0, 0.1) is 0 Å². The molecular formula is C26H33N5O4. The molecule has 2 unspecified atom stereocenters. The summed E-state index contributed by atoms with van der Waals surface area (Å²) >= 11 is 0. The Morgan fingerprint density at radius 3 is 2.66 bits per heavy atom. The number of nitrogens with zero attached hydrogens (tertiary/aromatic N) is 3. The summed E-state index contributed by atoms with van der Waals surface area (Å²) in [6, 6.07) is 13.4. The lowest BCUT2D eigenvalue weighted by Gasteiger charge is -2.36. The molecule has 2 amide bonds. The summed E-state index contributed by atoms with van der Waals surface area (Å²) in [5, 5.41) is 12.2. The summed E-state index contributed by atoms with van der Waals surface area (Å²) in [7, 11) is 0. The van der Waals surface area contributed by atoms with Gasteiger partial charge in [0.25, 0.3) is 5.91 Å². The highest BCUT2D eigenvalue weighted by Gasteiger charge is 2.39. The van der Waals surface area contributed by atoms with Crippen LogP contribution in [0.15, 0.2) is 42.5 Å². The number of rotatable bonds is 7. The SMILES string of the molecule is NCc1cccc(OCCN2CCN(c3ccc4c(c3)CN(C3CCC(O)NC3=O)C4=O)CC2)c1. The van der Waals surface area contributed by atoms with Crippen molar-refractivity contribution in [2.24, 2.45) is 5.73 Å². The number of hydrogen-bond donors (Lipinski definition) is 3. The number of fused-ring (bicyclic) bond motifs is 1. The zero-order valence-electron chi connectivity index (χ0n) is 19.9. The summed E-state index contributed by atoms with van der Waals surface area (Å²) in [6.45, 7) is 6.14. The second-order valence-electron chi connectivity index (χ2n) is 9.42. The lowest BCUT2D eigenvalue weighted by Crippen LogP contribution is -2.54. The molecular weight excluding hydrogens is 446 g/mol. The van der Waals surface area contributed by atoms with Crippen molar-refractivity contribution >= 4 is 17.5 Å². The Bertz CT molecular complexity index is 1090. The van der Waals surface area contributed by atoms with Crippen molar-refractivity contribution in [1.29, 1.82) is 0 Å². The fraction of sp³-hybridized carbons (Fsp3) is 0.462. The number of hydrogen-bond acceptors (Lipinski definition) is 7. The first-order valence-electron chi connectivity index (χ1n) is 12.3. The molecule has 0 aliphatic carbocycles. The van der Waals surface area contributed by atoms with E-state index in [4.69, 9.17) is 10.5 Å². The maximum Gasteiger partial charge on any atom is 0.255 e. The van der Waals surface area contributed by atoms with Crippen LogP contribution in [-0.2, 0) is 17.9 Å². The highest BCUT2D eigenvalue weighted by Crippen LogP contribution is 2.31. The Balaban J connectivity index is 1.13. The van der Waals surface area contributed by atoms with Gasteiger partial charge in [-0.2, -0.15) is 0 Å². The molecule has 0 aromatic heterocycles. The van der Waals surface area contributed by atoms with E-state index in [2.05, 4.69) is 21.2 Å². The second-order valence-corrected chi connectivity index (χ2v) is 9.42. The number of ether oxygens (including phenoxy) is 1. The van der Waals surface area contributed by atoms with Crippen LogP contribution in [0.3, 0.4) is 0 Å². The van der Waals surface area contributed by atoms with Crippen LogP contribution in [0.25, 0.3) is 0 Å². The molecule has 35 heavy (non-hydrogen) atoms. The largest absolute Gasteiger partial charge is 0.492 e. The molecule has 3 aliphatic rings. The van der Waals surface area contributed by atoms with Gasteiger partial charge in [-0.05, 0) is 54.3 Å². The number of nitrogens with one attached hydrogen (secondary N) is 1. The molecule has 0 bridgehead atoms. The van der Waals surface area contributed by atoms with Crippen molar-refractivity contribution < 1.29 is 19.4 Å². The van der Waals surface area contributed by atoms with Crippen molar-refractivity contribution in [3.05, 3.63) is 59.2 Å². The van der Waals surface area contributed by atoms with E-state index in [1.807, 2.05) is 36.4 Å². The number of benzene rings is 2. The van der Waals surface area contributed by atoms with Crippen molar-refractivity contribution in [3.63, 3.8) is 0 Å². The molecule has 0 radical (unpaired) electrons. The Hall–Kier alpha value is -3.14. The number of carbonyl (C=O) groups excluding carboxylic acids is 2. The number of piperazine rings is 1. The number of anilines is 1. The summed E-state index contributed by atoms with van der Waals surface area (Å²) in [5.74, 6) is 0.470. The molecule has 2 aromatic rings. The van der Waals surface area contributed by atoms with Gasteiger partial charge in [-0.1, -0.05) is 12.1 Å². The average Bonchev–Trinajstić information content (AvgIpc) is 3.20. The molecule has 2 aromatic carbocycles. The molecule has 9 nitrogen and oxygen atoms in total. The van der Waals surface area contributed by atoms with Gasteiger partial charge in [-0.25, -0.2) is 0 Å². The van der Waals surface area contributed by atoms with Crippen LogP contribution >= 0.6 is 0 Å². The lowest BCUT2D eigenvalue weighted by atomic mass is 10.0. The molecule has 9 heteroatoms. The minimum atomic E-state index is -0.821. The van der Waals surface area contributed by atoms with Gasteiger partial charge in [0.1, 0.15) is 24.6 Å². The molecule has 186 valence electrons. The van der Waals surface area contributed by atoms with E-state index in [1.165, 1.54) is 0 Å². The Labute approximate surface area is 205 Å². The van der Waals surface area contributed by atoms with Gasteiger partial charge in [0.2, 0.25) is 5.91 Å². The van der Waals surface area contributed by atoms with Crippen LogP contribution in [0.5, 0.6) is 5.75 Å². The number of piperidine rings is 1. The zero-order valence-corrected chi connectivity index (χ0v) is 19.9. The minimum Gasteiger partial charge on any atom is -0.492 e. The summed E-state index contributed by atoms with van der Waals surface area (Å²) in [6.07, 6.45) is 0.110. The van der Waals surface area contributed by atoms with Crippen LogP contribution in [0.4, 0.5) is 5.69 Å². The number of aliphatic hydroxyl groups excluding tert-OH is 1. The standard InChI is InChI=1S/C26H33N5O4/c27-16-18-2-1-3-21(14-18)35-13-12-29-8-10-30(11-9-29)20-4-5-22-19(15-20)17-31(26(22)34)23-6-7-24(32)28-25(23)33/h1-5,14-15,23-24,32H,6-13,16-17,27H2,(H,28,33). The lowest BCUT2D eigenvalue weighted by molar-refractivity contribution is -0.132. The third-order valence-electron chi connectivity index (χ3n) is 7.17. The molecule has 2 saturated heterocycles. The van der Waals surface area contributed by atoms with E-state index < -0.39 is 12.3 Å². The van der Waals surface area contributed by atoms with E-state index in [1.54, 1.807) is 4.90 Å². The van der Waals surface area contributed by atoms with E-state index >= 15 is 0 Å². The monoisotopic (exact) mass is 479 g/mol. The fourth-order valence-corrected chi connectivity index (χ4v) is 5.14. The van der Waals surface area contributed by atoms with Crippen LogP contribution in [0.1, 0.15) is 34.3 Å². The van der Waals surface area contributed by atoms with E-state index in [0.29, 0.717) is 38.1 Å². The van der Waals surface area contributed by atoms with Crippen molar-refractivity contribution in [3.8, 4) is 5.75 Å². The molecule has 3 aliphatic heterocycles. The summed E-state index contributed by atoms with van der Waals surface area (Å²) in [5.41, 5.74) is 9.50. The van der Waals surface area contributed by atoms with Gasteiger partial charge < -0.3 is 30.7 Å². The van der Waals surface area contributed by atoms with E-state index in [-0.39, 0.29) is 11.8 Å². The first kappa shape index (κ1) is 23.6. The highest BCUT2D eigenvalue weighted by molar-refractivity contribution is 6.01. The second kappa shape index (κ2) is 10.2. The highest BCUT2D eigenvalue weighted by atomic mass is 16.5. The summed E-state index contributed by atoms with van der Waals surface area (Å²) < 4.78 is 5.91. The van der Waals surface area contributed by atoms with Crippen molar-refractivity contribution in [2.75, 3.05) is 44.2 Å². The zero-order chi connectivity index (χ0) is 24.4. The summed E-state index contributed by atoms with van der Waals surface area (Å²) in [4.78, 5) is 31.6. The predicted molar refractivity (Wildman–Crippen MR) is 132 cm³/mol. The topological polar surface area (TPSA) is 111 Å². The van der Waals surface area contributed by atoms with Gasteiger partial charge in [-0.3, -0.25) is 14.5 Å². The Morgan fingerprint density at radius 1 is 1.06 bits per heavy atom. The number of aliphatic hydroxyl groups is 1. The average molecular weight is 480 g/mol.